The Morgan fingerprint density at radius 2 is 1.67 bits per heavy atom. The molecule has 1 N–H and O–H groups in total. The second-order valence-electron chi connectivity index (χ2n) is 4.73. The van der Waals surface area contributed by atoms with Gasteiger partial charge in [-0.3, -0.25) is 4.79 Å². The van der Waals surface area contributed by atoms with E-state index >= 15 is 0 Å². The highest BCUT2D eigenvalue weighted by Crippen LogP contribution is 2.33. The fraction of sp³-hybridized carbons (Fsp3) is 0.133. The lowest BCUT2D eigenvalue weighted by atomic mass is 10.2. The summed E-state index contributed by atoms with van der Waals surface area (Å²) in [4.78, 5) is 12.2. The predicted molar refractivity (Wildman–Crippen MR) is 98.6 cm³/mol. The summed E-state index contributed by atoms with van der Waals surface area (Å²) < 4.78 is 23.9. The van der Waals surface area contributed by atoms with Crippen molar-refractivity contribution in [3.63, 3.8) is 0 Å². The molecule has 0 aliphatic rings. The molecule has 0 saturated heterocycles. The van der Waals surface area contributed by atoms with Gasteiger partial charge in [0.25, 0.3) is 5.91 Å². The van der Waals surface area contributed by atoms with Crippen molar-refractivity contribution < 1.29 is 13.2 Å². The van der Waals surface area contributed by atoms with Crippen LogP contribution in [0, 0.1) is 0 Å². The number of carbonyl (C=O) groups is 1. The Morgan fingerprint density at radius 3 is 2.25 bits per heavy atom. The molecule has 0 atom stereocenters. The van der Waals surface area contributed by atoms with E-state index in [-0.39, 0.29) is 31.3 Å². The number of hydrogen-bond donors (Lipinski definition) is 1. The molecule has 2 rings (SSSR count). The summed E-state index contributed by atoms with van der Waals surface area (Å²) in [5.74, 6) is -0.682. The van der Waals surface area contributed by atoms with Crippen molar-refractivity contribution >= 4 is 67.8 Å². The van der Waals surface area contributed by atoms with Gasteiger partial charge in [-0.15, -0.1) is 0 Å². The lowest BCUT2D eigenvalue weighted by Crippen LogP contribution is -2.14. The fourth-order valence-electron chi connectivity index (χ4n) is 1.88. The Kier molecular flexibility index (Phi) is 6.04. The minimum absolute atomic E-state index is 0.0443. The zero-order valence-electron chi connectivity index (χ0n) is 12.2. The van der Waals surface area contributed by atoms with Crippen LogP contribution in [-0.2, 0) is 9.84 Å². The summed E-state index contributed by atoms with van der Waals surface area (Å²) in [6.45, 7) is 1.49. The number of carbonyl (C=O) groups excluding carboxylic acids is 1. The van der Waals surface area contributed by atoms with Gasteiger partial charge >= 0.3 is 0 Å². The van der Waals surface area contributed by atoms with Crippen LogP contribution in [0.25, 0.3) is 0 Å². The Balaban J connectivity index is 2.37. The van der Waals surface area contributed by atoms with Crippen LogP contribution < -0.4 is 5.32 Å². The van der Waals surface area contributed by atoms with Crippen molar-refractivity contribution in [3.05, 3.63) is 56.0 Å². The summed E-state index contributed by atoms with van der Waals surface area (Å²) >= 11 is 23.8. The van der Waals surface area contributed by atoms with Gasteiger partial charge in [-0.1, -0.05) is 53.3 Å². The molecular formula is C15H11Cl4NO3S. The van der Waals surface area contributed by atoms with Gasteiger partial charge in [0.15, 0.2) is 9.84 Å². The van der Waals surface area contributed by atoms with Gasteiger partial charge in [0, 0.05) is 5.69 Å². The van der Waals surface area contributed by atoms with Crippen molar-refractivity contribution in [2.75, 3.05) is 11.1 Å². The number of sulfone groups is 1. The number of anilines is 1. The van der Waals surface area contributed by atoms with E-state index in [0.717, 1.165) is 0 Å². The zero-order valence-corrected chi connectivity index (χ0v) is 16.1. The first kappa shape index (κ1) is 19.3. The molecule has 0 aliphatic heterocycles. The Bertz CT molecular complexity index is 913. The number of rotatable bonds is 4. The van der Waals surface area contributed by atoms with E-state index in [2.05, 4.69) is 5.32 Å². The number of benzene rings is 2. The number of nitrogens with one attached hydrogen (secondary N) is 1. The topological polar surface area (TPSA) is 63.2 Å². The van der Waals surface area contributed by atoms with Crippen molar-refractivity contribution in [1.82, 2.24) is 0 Å². The molecular weight excluding hydrogens is 416 g/mol. The van der Waals surface area contributed by atoms with Gasteiger partial charge in [-0.05, 0) is 30.3 Å². The normalized spacial score (nSPS) is 11.4. The highest BCUT2D eigenvalue weighted by Gasteiger charge is 2.22. The monoisotopic (exact) mass is 425 g/mol. The highest BCUT2D eigenvalue weighted by molar-refractivity contribution is 7.91. The van der Waals surface area contributed by atoms with Gasteiger partial charge in [0.1, 0.15) is 0 Å². The molecule has 0 radical (unpaired) electrons. The Hall–Kier alpha value is -0.980. The van der Waals surface area contributed by atoms with Crippen molar-refractivity contribution in [1.29, 1.82) is 0 Å². The minimum Gasteiger partial charge on any atom is -0.322 e. The first-order valence-electron chi connectivity index (χ1n) is 6.64. The second kappa shape index (κ2) is 7.50. The van der Waals surface area contributed by atoms with E-state index in [1.807, 2.05) is 0 Å². The van der Waals surface area contributed by atoms with E-state index in [4.69, 9.17) is 46.4 Å². The molecule has 0 fully saturated rings. The van der Waals surface area contributed by atoms with E-state index in [1.165, 1.54) is 31.2 Å². The molecule has 24 heavy (non-hydrogen) atoms. The zero-order chi connectivity index (χ0) is 18.1. The molecule has 4 nitrogen and oxygen atoms in total. The third-order valence-corrected chi connectivity index (χ3v) is 6.69. The van der Waals surface area contributed by atoms with Gasteiger partial charge in [-0.2, -0.15) is 0 Å². The summed E-state index contributed by atoms with van der Waals surface area (Å²) in [6, 6.07) is 7.15. The number of halogens is 4. The quantitative estimate of drug-likeness (QED) is 0.716. The average molecular weight is 427 g/mol. The van der Waals surface area contributed by atoms with E-state index < -0.39 is 15.7 Å². The summed E-state index contributed by atoms with van der Waals surface area (Å²) in [5, 5.41) is 2.91. The molecule has 0 unspecified atom stereocenters. The van der Waals surface area contributed by atoms with Crippen LogP contribution in [0.15, 0.2) is 35.2 Å². The van der Waals surface area contributed by atoms with Gasteiger partial charge in [-0.25, -0.2) is 8.42 Å². The maximum absolute atomic E-state index is 12.3. The molecule has 128 valence electrons. The predicted octanol–water partition coefficient (Wildman–Crippen LogP) is 5.35. The van der Waals surface area contributed by atoms with Gasteiger partial charge < -0.3 is 5.32 Å². The third kappa shape index (κ3) is 3.98. The van der Waals surface area contributed by atoms with Crippen LogP contribution in [0.1, 0.15) is 17.3 Å². The van der Waals surface area contributed by atoms with E-state index in [9.17, 15) is 13.2 Å². The Labute approximate surface area is 159 Å². The average Bonchev–Trinajstić information content (AvgIpc) is 2.53. The lowest BCUT2D eigenvalue weighted by molar-refractivity contribution is 0.102. The first-order chi connectivity index (χ1) is 11.2. The van der Waals surface area contributed by atoms with Crippen LogP contribution >= 0.6 is 46.4 Å². The molecule has 0 bridgehead atoms. The SMILES string of the molecule is CCS(=O)(=O)c1ccc(C(=O)Nc2ccc(Cl)c(Cl)c2)c(Cl)c1Cl. The largest absolute Gasteiger partial charge is 0.322 e. The van der Waals surface area contributed by atoms with Crippen LogP contribution in [0.4, 0.5) is 5.69 Å². The fourth-order valence-corrected chi connectivity index (χ4v) is 3.96. The highest BCUT2D eigenvalue weighted by atomic mass is 35.5. The maximum atomic E-state index is 12.3. The van der Waals surface area contributed by atoms with Crippen molar-refractivity contribution in [3.8, 4) is 0 Å². The van der Waals surface area contributed by atoms with Crippen LogP contribution in [0.3, 0.4) is 0 Å². The molecule has 0 aliphatic carbocycles. The molecule has 2 aromatic rings. The number of hydrogen-bond acceptors (Lipinski definition) is 3. The van der Waals surface area contributed by atoms with Crippen molar-refractivity contribution in [2.45, 2.75) is 11.8 Å². The molecule has 0 spiro atoms. The molecule has 0 heterocycles. The van der Waals surface area contributed by atoms with E-state index in [1.54, 1.807) is 6.07 Å². The smallest absolute Gasteiger partial charge is 0.257 e. The Morgan fingerprint density at radius 1 is 1.00 bits per heavy atom. The first-order valence-corrected chi connectivity index (χ1v) is 9.81. The summed E-state index contributed by atoms with van der Waals surface area (Å²) in [6.07, 6.45) is 0. The lowest BCUT2D eigenvalue weighted by Gasteiger charge is -2.11. The van der Waals surface area contributed by atoms with Crippen molar-refractivity contribution in [2.24, 2.45) is 0 Å². The standard InChI is InChI=1S/C15H11Cl4NO3S/c1-2-24(22,23)12-6-4-9(13(18)14(12)19)15(21)20-8-3-5-10(16)11(17)7-8/h3-7H,2H2,1H3,(H,20,21). The molecule has 0 saturated carbocycles. The minimum atomic E-state index is -3.54. The molecule has 0 aromatic heterocycles. The van der Waals surface area contributed by atoms with Crippen LogP contribution in [0.2, 0.25) is 20.1 Å². The molecule has 1 amide bonds. The summed E-state index contributed by atoms with van der Waals surface area (Å²) in [7, 11) is -3.54. The van der Waals surface area contributed by atoms with Crippen LogP contribution in [0.5, 0.6) is 0 Å². The third-order valence-electron chi connectivity index (χ3n) is 3.18. The molecule has 9 heteroatoms. The summed E-state index contributed by atoms with van der Waals surface area (Å²) in [5.41, 5.74) is 0.453. The molecule has 2 aromatic carbocycles. The second-order valence-corrected chi connectivity index (χ2v) is 8.54. The van der Waals surface area contributed by atoms with Gasteiger partial charge in [0.05, 0.1) is 36.3 Å². The number of amides is 1. The van der Waals surface area contributed by atoms with E-state index in [0.29, 0.717) is 10.7 Å². The maximum Gasteiger partial charge on any atom is 0.257 e. The van der Waals surface area contributed by atoms with Crippen LogP contribution in [-0.4, -0.2) is 20.1 Å². The van der Waals surface area contributed by atoms with Gasteiger partial charge in [0.2, 0.25) is 0 Å².